The number of rotatable bonds is 58. The molecule has 0 saturated carbocycles. The van der Waals surface area contributed by atoms with E-state index in [-0.39, 0.29) is 31.1 Å². The lowest BCUT2D eigenvalue weighted by Gasteiger charge is -2.18. The van der Waals surface area contributed by atoms with Crippen LogP contribution in [0.1, 0.15) is 303 Å². The number of hydrogen-bond donors (Lipinski definition) is 0. The maximum Gasteiger partial charge on any atom is 0.306 e. The molecule has 0 aromatic heterocycles. The largest absolute Gasteiger partial charge is 0.462 e. The lowest BCUT2D eigenvalue weighted by atomic mass is 10.0. The quantitative estimate of drug-likeness (QED) is 0.0261. The Kier molecular flexibility index (Phi) is 61.3. The van der Waals surface area contributed by atoms with Crippen LogP contribution in [0.2, 0.25) is 0 Å². The lowest BCUT2D eigenvalue weighted by Crippen LogP contribution is -2.30. The molecule has 0 fully saturated rings. The summed E-state index contributed by atoms with van der Waals surface area (Å²) in [5.74, 6) is -0.943. The molecule has 0 amide bonds. The summed E-state index contributed by atoms with van der Waals surface area (Å²) in [6.07, 6.45) is 88.2. The molecule has 0 aliphatic carbocycles. The first-order valence-corrected chi connectivity index (χ1v) is 32.4. The molecule has 0 heterocycles. The molecule has 6 nitrogen and oxygen atoms in total. The number of unbranched alkanes of at least 4 members (excludes halogenated alkanes) is 29. The summed E-state index contributed by atoms with van der Waals surface area (Å²) in [5, 5.41) is 0. The topological polar surface area (TPSA) is 78.9 Å². The van der Waals surface area contributed by atoms with Crippen LogP contribution in [0, 0.1) is 0 Å². The van der Waals surface area contributed by atoms with E-state index in [1.807, 2.05) is 0 Å². The van der Waals surface area contributed by atoms with Gasteiger partial charge in [-0.25, -0.2) is 0 Å². The van der Waals surface area contributed by atoms with Crippen LogP contribution in [-0.2, 0) is 28.6 Å². The van der Waals surface area contributed by atoms with Crippen LogP contribution >= 0.6 is 0 Å². The highest BCUT2D eigenvalue weighted by Crippen LogP contribution is 2.17. The zero-order valence-corrected chi connectivity index (χ0v) is 50.4. The smallest absolute Gasteiger partial charge is 0.306 e. The van der Waals surface area contributed by atoms with Crippen molar-refractivity contribution in [2.45, 2.75) is 309 Å². The van der Waals surface area contributed by atoms with E-state index < -0.39 is 6.10 Å². The molecule has 1 atom stereocenters. The highest BCUT2D eigenvalue weighted by molar-refractivity contribution is 5.71. The van der Waals surface area contributed by atoms with Gasteiger partial charge in [-0.05, 0) is 103 Å². The lowest BCUT2D eigenvalue weighted by molar-refractivity contribution is -0.167. The molecule has 1 unspecified atom stereocenters. The Bertz CT molecular complexity index is 1560. The Morgan fingerprint density at radius 1 is 0.273 bits per heavy atom. The summed E-state index contributed by atoms with van der Waals surface area (Å²) in [4.78, 5) is 38.3. The van der Waals surface area contributed by atoms with Crippen LogP contribution in [0.15, 0.2) is 109 Å². The minimum absolute atomic E-state index is 0.100. The second-order valence-corrected chi connectivity index (χ2v) is 21.3. The number of ether oxygens (including phenoxy) is 3. The van der Waals surface area contributed by atoms with Crippen LogP contribution in [0.3, 0.4) is 0 Å². The third-order valence-electron chi connectivity index (χ3n) is 13.8. The van der Waals surface area contributed by atoms with Gasteiger partial charge in [0, 0.05) is 19.3 Å². The number of carbonyl (C=O) groups is 3. The Labute approximate surface area is 476 Å². The summed E-state index contributed by atoms with van der Waals surface area (Å²) in [6, 6.07) is 0. The van der Waals surface area contributed by atoms with E-state index in [2.05, 4.69) is 130 Å². The second-order valence-electron chi connectivity index (χ2n) is 21.3. The van der Waals surface area contributed by atoms with Crippen molar-refractivity contribution >= 4 is 17.9 Å². The van der Waals surface area contributed by atoms with E-state index in [1.165, 1.54) is 128 Å². The molecular weight excluding hydrogens is 949 g/mol. The molecule has 0 N–H and O–H groups in total. The number of carbonyl (C=O) groups excluding carboxylic acids is 3. The first kappa shape index (κ1) is 73.1. The molecule has 0 aromatic rings. The zero-order chi connectivity index (χ0) is 55.7. The molecule has 0 bridgehead atoms. The monoisotopic (exact) mass is 1070 g/mol. The number of hydrogen-bond acceptors (Lipinski definition) is 6. The Hall–Kier alpha value is -3.93. The van der Waals surface area contributed by atoms with Gasteiger partial charge in [-0.1, -0.05) is 291 Å². The normalized spacial score (nSPS) is 12.8. The average Bonchev–Trinajstić information content (AvgIpc) is 3.43. The fraction of sp³-hybridized carbons (Fsp3) is 0.704. The van der Waals surface area contributed by atoms with Gasteiger partial charge in [-0.15, -0.1) is 0 Å². The molecule has 440 valence electrons. The molecule has 0 aromatic carbocycles. The Morgan fingerprint density at radius 3 is 0.805 bits per heavy atom. The maximum atomic E-state index is 12.9. The molecular formula is C71H120O6. The van der Waals surface area contributed by atoms with E-state index >= 15 is 0 Å². The first-order valence-electron chi connectivity index (χ1n) is 32.4. The van der Waals surface area contributed by atoms with Gasteiger partial charge in [-0.2, -0.15) is 0 Å². The van der Waals surface area contributed by atoms with Gasteiger partial charge in [0.1, 0.15) is 13.2 Å². The van der Waals surface area contributed by atoms with Crippen molar-refractivity contribution in [2.75, 3.05) is 13.2 Å². The van der Waals surface area contributed by atoms with Crippen LogP contribution in [0.4, 0.5) is 0 Å². The standard InChI is InChI=1S/C71H120O6/c1-4-7-10-13-16-19-22-25-27-29-31-33-35-37-39-41-43-46-49-52-55-58-61-64-70(73)76-67-68(66-75-69(72)63-60-57-54-51-48-45-24-21-18-15-12-9-6-3)77-71(74)65-62-59-56-53-50-47-44-42-40-38-36-34-32-30-28-26-23-20-17-14-11-8-5-2/h7,9-10,12,16,18-19,21,25,27,31,33,37,39,43,45-46,48,68H,4-6,8,11,13-15,17,20,22-24,26,28-30,32,34-36,38,40-42,44,47,49-67H2,1-3H3/b10-7-,12-9-,19-16-,21-18-,27-25-,33-31-,39-37-,46-43-,48-45-. The molecule has 0 rings (SSSR count). The van der Waals surface area contributed by atoms with Crippen molar-refractivity contribution in [1.29, 1.82) is 0 Å². The van der Waals surface area contributed by atoms with Crippen molar-refractivity contribution in [2.24, 2.45) is 0 Å². The number of esters is 3. The molecule has 77 heavy (non-hydrogen) atoms. The maximum absolute atomic E-state index is 12.9. The first-order chi connectivity index (χ1) is 38.0. The summed E-state index contributed by atoms with van der Waals surface area (Å²) >= 11 is 0. The average molecular weight is 1070 g/mol. The van der Waals surface area contributed by atoms with E-state index in [0.717, 1.165) is 135 Å². The number of allylic oxidation sites excluding steroid dienone is 18. The van der Waals surface area contributed by atoms with Crippen molar-refractivity contribution in [3.05, 3.63) is 109 Å². The molecule has 0 saturated heterocycles. The SMILES string of the molecule is CC/C=C\C/C=C\C/C=C\C/C=C\C/C=C\C/C=C\CCCCCCC(=O)OCC(COC(=O)CCCCC/C=C\C/C=C\C/C=C\CC)OC(=O)CCCCCCCCCCCCCCCCCCCCCCCCC. The van der Waals surface area contributed by atoms with Crippen molar-refractivity contribution < 1.29 is 28.6 Å². The molecule has 0 aliphatic heterocycles. The third-order valence-corrected chi connectivity index (χ3v) is 13.8. The van der Waals surface area contributed by atoms with Gasteiger partial charge < -0.3 is 14.2 Å². The molecule has 0 aliphatic rings. The highest BCUT2D eigenvalue weighted by Gasteiger charge is 2.19. The minimum Gasteiger partial charge on any atom is -0.462 e. The Balaban J connectivity index is 4.38. The van der Waals surface area contributed by atoms with Crippen LogP contribution in [-0.4, -0.2) is 37.2 Å². The molecule has 6 heteroatoms. The predicted molar refractivity (Wildman–Crippen MR) is 334 cm³/mol. The van der Waals surface area contributed by atoms with Gasteiger partial charge >= 0.3 is 17.9 Å². The van der Waals surface area contributed by atoms with Gasteiger partial charge in [0.15, 0.2) is 6.10 Å². The fourth-order valence-electron chi connectivity index (χ4n) is 8.99. The summed E-state index contributed by atoms with van der Waals surface area (Å²) in [6.45, 7) is 6.39. The zero-order valence-electron chi connectivity index (χ0n) is 50.4. The van der Waals surface area contributed by atoms with Crippen molar-refractivity contribution in [1.82, 2.24) is 0 Å². The Morgan fingerprint density at radius 2 is 0.506 bits per heavy atom. The summed E-state index contributed by atoms with van der Waals surface area (Å²) in [5.41, 5.74) is 0. The molecule has 0 radical (unpaired) electrons. The minimum atomic E-state index is -0.803. The predicted octanol–water partition coefficient (Wildman–Crippen LogP) is 22.2. The van der Waals surface area contributed by atoms with Crippen LogP contribution in [0.5, 0.6) is 0 Å². The summed E-state index contributed by atoms with van der Waals surface area (Å²) < 4.78 is 16.9. The van der Waals surface area contributed by atoms with E-state index in [9.17, 15) is 14.4 Å². The van der Waals surface area contributed by atoms with E-state index in [4.69, 9.17) is 14.2 Å². The van der Waals surface area contributed by atoms with Gasteiger partial charge in [0.05, 0.1) is 0 Å². The van der Waals surface area contributed by atoms with Gasteiger partial charge in [-0.3, -0.25) is 14.4 Å². The third kappa shape index (κ3) is 62.8. The molecule has 0 spiro atoms. The van der Waals surface area contributed by atoms with Crippen LogP contribution < -0.4 is 0 Å². The fourth-order valence-corrected chi connectivity index (χ4v) is 8.99. The van der Waals surface area contributed by atoms with Crippen molar-refractivity contribution in [3.63, 3.8) is 0 Å². The van der Waals surface area contributed by atoms with Crippen LogP contribution in [0.25, 0.3) is 0 Å². The van der Waals surface area contributed by atoms with Gasteiger partial charge in [0.2, 0.25) is 0 Å². The van der Waals surface area contributed by atoms with Gasteiger partial charge in [0.25, 0.3) is 0 Å². The van der Waals surface area contributed by atoms with E-state index in [0.29, 0.717) is 19.3 Å². The second kappa shape index (κ2) is 64.6. The van der Waals surface area contributed by atoms with E-state index in [1.54, 1.807) is 0 Å². The van der Waals surface area contributed by atoms with Crippen molar-refractivity contribution in [3.8, 4) is 0 Å². The summed E-state index contributed by atoms with van der Waals surface area (Å²) in [7, 11) is 0. The highest BCUT2D eigenvalue weighted by atomic mass is 16.6.